The number of piperidine rings is 1. The molecule has 2 aromatic rings. The minimum atomic E-state index is -0.284. The summed E-state index contributed by atoms with van der Waals surface area (Å²) in [5, 5.41) is 2.84. The number of hydrogen-bond donors (Lipinski definition) is 1. The number of para-hydroxylation sites is 1. The Labute approximate surface area is 193 Å². The molecular weight excluding hydrogens is 426 g/mol. The van der Waals surface area contributed by atoms with Gasteiger partial charge >= 0.3 is 0 Å². The standard InChI is InChI=1S/C24H29N3O2S2/c1-4-18-8-5-7-15(2)22(18)25-23(29)16(3)31-24(30)26-12-17-11-19(14-26)20-9-6-10-21(28)27(20)13-17/h5-10,16-17,19H,4,11-14H2,1-3H3,(H,25,29)/t16-,17+,19+/m1/s1. The molecule has 0 radical (unpaired) electrons. The Balaban J connectivity index is 1.41. The Morgan fingerprint density at radius 3 is 2.77 bits per heavy atom. The van der Waals surface area contributed by atoms with Crippen LogP contribution in [0.5, 0.6) is 0 Å². The zero-order valence-corrected chi connectivity index (χ0v) is 19.9. The molecule has 2 aliphatic heterocycles. The van der Waals surface area contributed by atoms with E-state index in [-0.39, 0.29) is 16.7 Å². The van der Waals surface area contributed by atoms with Crippen LogP contribution in [0, 0.1) is 12.8 Å². The fourth-order valence-corrected chi connectivity index (χ4v) is 6.10. The monoisotopic (exact) mass is 455 g/mol. The molecule has 1 fully saturated rings. The number of carbonyl (C=O) groups is 1. The van der Waals surface area contributed by atoms with Crippen LogP contribution in [0.25, 0.3) is 0 Å². The lowest BCUT2D eigenvalue weighted by atomic mass is 9.83. The van der Waals surface area contributed by atoms with Gasteiger partial charge in [-0.1, -0.05) is 55.2 Å². The molecule has 7 heteroatoms. The maximum absolute atomic E-state index is 12.9. The molecule has 1 saturated heterocycles. The van der Waals surface area contributed by atoms with Crippen LogP contribution in [0.2, 0.25) is 0 Å². The van der Waals surface area contributed by atoms with E-state index in [0.29, 0.717) is 11.8 Å². The summed E-state index contributed by atoms with van der Waals surface area (Å²) in [5.41, 5.74) is 4.34. The number of thioether (sulfide) groups is 1. The van der Waals surface area contributed by atoms with E-state index in [1.807, 2.05) is 36.6 Å². The smallest absolute Gasteiger partial charge is 0.250 e. The number of rotatable bonds is 4. The van der Waals surface area contributed by atoms with Gasteiger partial charge in [-0.25, -0.2) is 0 Å². The Kier molecular flexibility index (Phi) is 6.53. The summed E-state index contributed by atoms with van der Waals surface area (Å²) in [5.74, 6) is 0.696. The molecule has 0 saturated carbocycles. The summed E-state index contributed by atoms with van der Waals surface area (Å²) in [7, 11) is 0. The number of aryl methyl sites for hydroxylation is 2. The second-order valence-electron chi connectivity index (χ2n) is 8.58. The highest BCUT2D eigenvalue weighted by Gasteiger charge is 2.36. The third-order valence-corrected chi connectivity index (χ3v) is 7.95. The maximum Gasteiger partial charge on any atom is 0.250 e. The van der Waals surface area contributed by atoms with Crippen molar-refractivity contribution in [2.45, 2.75) is 51.3 Å². The molecule has 5 nitrogen and oxygen atoms in total. The van der Waals surface area contributed by atoms with Gasteiger partial charge in [-0.05, 0) is 49.8 Å². The van der Waals surface area contributed by atoms with Gasteiger partial charge < -0.3 is 14.8 Å². The van der Waals surface area contributed by atoms with Gasteiger partial charge in [0.1, 0.15) is 4.32 Å². The third kappa shape index (κ3) is 4.58. The number of hydrogen-bond acceptors (Lipinski definition) is 4. The van der Waals surface area contributed by atoms with Crippen molar-refractivity contribution in [3.63, 3.8) is 0 Å². The van der Waals surface area contributed by atoms with Crippen molar-refractivity contribution in [1.29, 1.82) is 0 Å². The van der Waals surface area contributed by atoms with Crippen LogP contribution in [-0.4, -0.2) is 38.0 Å². The predicted octanol–water partition coefficient (Wildman–Crippen LogP) is 4.18. The molecule has 0 aliphatic carbocycles. The van der Waals surface area contributed by atoms with Crippen molar-refractivity contribution in [1.82, 2.24) is 9.47 Å². The average molecular weight is 456 g/mol. The predicted molar refractivity (Wildman–Crippen MR) is 132 cm³/mol. The molecule has 0 unspecified atom stereocenters. The first kappa shape index (κ1) is 22.1. The fraction of sp³-hybridized carbons (Fsp3) is 0.458. The first-order valence-corrected chi connectivity index (χ1v) is 12.2. The lowest BCUT2D eigenvalue weighted by Gasteiger charge is -2.43. The number of thiocarbonyl (C=S) groups is 1. The molecule has 1 aromatic carbocycles. The number of fused-ring (bicyclic) bond motifs is 4. The van der Waals surface area contributed by atoms with Crippen molar-refractivity contribution < 1.29 is 4.79 Å². The quantitative estimate of drug-likeness (QED) is 0.701. The number of benzene rings is 1. The number of pyridine rings is 1. The van der Waals surface area contributed by atoms with Crippen molar-refractivity contribution in [2.75, 3.05) is 18.4 Å². The van der Waals surface area contributed by atoms with Crippen LogP contribution in [0.15, 0.2) is 41.2 Å². The van der Waals surface area contributed by atoms with Crippen LogP contribution in [-0.2, 0) is 17.8 Å². The Hall–Kier alpha value is -2.12. The molecule has 0 spiro atoms. The van der Waals surface area contributed by atoms with Crippen molar-refractivity contribution in [3.05, 3.63) is 63.6 Å². The zero-order valence-electron chi connectivity index (χ0n) is 18.3. The molecule has 1 aromatic heterocycles. The third-order valence-electron chi connectivity index (χ3n) is 6.37. The molecule has 31 heavy (non-hydrogen) atoms. The summed E-state index contributed by atoms with van der Waals surface area (Å²) >= 11 is 7.20. The maximum atomic E-state index is 12.9. The van der Waals surface area contributed by atoms with Gasteiger partial charge in [0.05, 0.1) is 5.25 Å². The number of nitrogens with one attached hydrogen (secondary N) is 1. The van der Waals surface area contributed by atoms with Crippen molar-refractivity contribution in [3.8, 4) is 0 Å². The minimum absolute atomic E-state index is 0.0227. The van der Waals surface area contributed by atoms with Gasteiger partial charge in [-0.15, -0.1) is 0 Å². The zero-order chi connectivity index (χ0) is 22.1. The van der Waals surface area contributed by atoms with Crippen LogP contribution in [0.3, 0.4) is 0 Å². The van der Waals surface area contributed by atoms with E-state index >= 15 is 0 Å². The molecule has 1 N–H and O–H groups in total. The van der Waals surface area contributed by atoms with Gasteiger partial charge in [0.15, 0.2) is 0 Å². The molecule has 164 valence electrons. The second kappa shape index (κ2) is 9.17. The van der Waals surface area contributed by atoms with Gasteiger partial charge in [0.25, 0.3) is 5.56 Å². The van der Waals surface area contributed by atoms with Crippen LogP contribution >= 0.6 is 24.0 Å². The molecular formula is C24H29N3O2S2. The van der Waals surface area contributed by atoms with E-state index in [1.54, 1.807) is 6.07 Å². The number of nitrogens with zero attached hydrogens (tertiary/aromatic N) is 2. The summed E-state index contributed by atoms with van der Waals surface area (Å²) in [6.07, 6.45) is 1.97. The number of anilines is 1. The largest absolute Gasteiger partial charge is 0.356 e. The molecule has 3 atom stereocenters. The van der Waals surface area contributed by atoms with E-state index in [9.17, 15) is 9.59 Å². The van der Waals surface area contributed by atoms with Gasteiger partial charge in [0.2, 0.25) is 5.91 Å². The highest BCUT2D eigenvalue weighted by Crippen LogP contribution is 2.36. The molecule has 2 bridgehead atoms. The number of aromatic nitrogens is 1. The van der Waals surface area contributed by atoms with E-state index in [1.165, 1.54) is 11.8 Å². The Bertz CT molecular complexity index is 1070. The Morgan fingerprint density at radius 1 is 1.23 bits per heavy atom. The number of likely N-dealkylation sites (tertiary alicyclic amines) is 1. The van der Waals surface area contributed by atoms with E-state index in [0.717, 1.165) is 59.3 Å². The second-order valence-corrected chi connectivity index (χ2v) is 10.6. The lowest BCUT2D eigenvalue weighted by molar-refractivity contribution is -0.115. The molecule has 1 amide bonds. The number of carbonyl (C=O) groups excluding carboxylic acids is 1. The molecule has 3 heterocycles. The topological polar surface area (TPSA) is 54.3 Å². The van der Waals surface area contributed by atoms with Crippen molar-refractivity contribution >= 4 is 39.9 Å². The fourth-order valence-electron chi connectivity index (χ4n) is 4.75. The molecule has 2 aliphatic rings. The van der Waals surface area contributed by atoms with E-state index in [4.69, 9.17) is 12.2 Å². The highest BCUT2D eigenvalue weighted by molar-refractivity contribution is 8.23. The summed E-state index contributed by atoms with van der Waals surface area (Å²) in [6, 6.07) is 11.7. The summed E-state index contributed by atoms with van der Waals surface area (Å²) < 4.78 is 2.69. The first-order valence-electron chi connectivity index (χ1n) is 10.9. The van der Waals surface area contributed by atoms with Crippen LogP contribution in [0.4, 0.5) is 5.69 Å². The van der Waals surface area contributed by atoms with Crippen LogP contribution in [0.1, 0.15) is 43.0 Å². The lowest BCUT2D eigenvalue weighted by Crippen LogP contribution is -2.48. The first-order chi connectivity index (χ1) is 14.9. The van der Waals surface area contributed by atoms with E-state index in [2.05, 4.69) is 29.3 Å². The minimum Gasteiger partial charge on any atom is -0.356 e. The van der Waals surface area contributed by atoms with Gasteiger partial charge in [0, 0.05) is 43.0 Å². The van der Waals surface area contributed by atoms with E-state index < -0.39 is 0 Å². The number of amides is 1. The van der Waals surface area contributed by atoms with Crippen LogP contribution < -0.4 is 10.9 Å². The SMILES string of the molecule is CCc1cccc(C)c1NC(=O)[C@@H](C)SC(=S)N1C[C@@H]2C[C@@H](C1)c1cccc(=O)n1C2. The highest BCUT2D eigenvalue weighted by atomic mass is 32.2. The van der Waals surface area contributed by atoms with Gasteiger partial charge in [-0.3, -0.25) is 9.59 Å². The van der Waals surface area contributed by atoms with Gasteiger partial charge in [-0.2, -0.15) is 0 Å². The summed E-state index contributed by atoms with van der Waals surface area (Å²) in [6.45, 7) is 8.42. The Morgan fingerprint density at radius 2 is 2.00 bits per heavy atom. The normalized spacial score (nSPS) is 20.7. The average Bonchev–Trinajstić information content (AvgIpc) is 2.75. The molecule has 4 rings (SSSR count). The summed E-state index contributed by atoms with van der Waals surface area (Å²) in [4.78, 5) is 27.4. The van der Waals surface area contributed by atoms with Crippen molar-refractivity contribution in [2.24, 2.45) is 5.92 Å².